The highest BCUT2D eigenvalue weighted by Gasteiger charge is 2.36. The maximum absolute atomic E-state index is 13.3. The number of benzene rings is 4. The van der Waals surface area contributed by atoms with Gasteiger partial charge in [-0.1, -0.05) is 29.8 Å². The molecule has 1 aliphatic rings. The van der Waals surface area contributed by atoms with E-state index < -0.39 is 28.5 Å². The average Bonchev–Trinajstić information content (AvgIpc) is 3.22. The third kappa shape index (κ3) is 12.6. The second kappa shape index (κ2) is 20.4. The van der Waals surface area contributed by atoms with Gasteiger partial charge in [0.2, 0.25) is 0 Å². The Balaban J connectivity index is 1.26. The summed E-state index contributed by atoms with van der Waals surface area (Å²) >= 11 is 1.47. The van der Waals surface area contributed by atoms with Crippen LogP contribution in [0, 0.1) is 27.7 Å². The lowest BCUT2D eigenvalue weighted by Gasteiger charge is -2.38. The smallest absolute Gasteiger partial charge is 0.414 e. The molecule has 0 saturated carbocycles. The van der Waals surface area contributed by atoms with Gasteiger partial charge in [-0.15, -0.1) is 11.8 Å². The van der Waals surface area contributed by atoms with Crippen molar-refractivity contribution in [1.29, 1.82) is 0 Å². The summed E-state index contributed by atoms with van der Waals surface area (Å²) in [6.45, 7) is 17.7. The fourth-order valence-corrected chi connectivity index (χ4v) is 7.89. The number of carbonyl (C=O) groups excluding carboxylic acids is 3. The first-order chi connectivity index (χ1) is 28.9. The van der Waals surface area contributed by atoms with Crippen LogP contribution in [0.3, 0.4) is 0 Å². The number of amides is 2. The highest BCUT2D eigenvalue weighted by Crippen LogP contribution is 2.44. The van der Waals surface area contributed by atoms with E-state index in [-0.39, 0.29) is 26.0 Å². The lowest BCUT2D eigenvalue weighted by molar-refractivity contribution is -0.142. The molecule has 1 N–H and O–H groups in total. The first kappa shape index (κ1) is 46.7. The van der Waals surface area contributed by atoms with Gasteiger partial charge in [-0.25, -0.2) is 4.79 Å². The van der Waals surface area contributed by atoms with Crippen molar-refractivity contribution >= 4 is 41.1 Å². The number of hydrogen-bond acceptors (Lipinski definition) is 11. The van der Waals surface area contributed by atoms with Gasteiger partial charge in [0.15, 0.2) is 13.4 Å². The van der Waals surface area contributed by atoms with Crippen molar-refractivity contribution in [3.63, 3.8) is 0 Å². The number of rotatable bonds is 17. The molecular formula is C48H60N2O10S. The summed E-state index contributed by atoms with van der Waals surface area (Å²) in [5.41, 5.74) is 5.56. The van der Waals surface area contributed by atoms with Crippen LogP contribution < -0.4 is 29.2 Å². The van der Waals surface area contributed by atoms with E-state index in [0.29, 0.717) is 42.3 Å². The molecule has 13 heteroatoms. The van der Waals surface area contributed by atoms with E-state index in [0.717, 1.165) is 56.2 Å². The first-order valence-electron chi connectivity index (χ1n) is 20.5. The Morgan fingerprint density at radius 2 is 1.59 bits per heavy atom. The predicted octanol–water partition coefficient (Wildman–Crippen LogP) is 9.72. The van der Waals surface area contributed by atoms with Crippen molar-refractivity contribution in [1.82, 2.24) is 0 Å². The van der Waals surface area contributed by atoms with Gasteiger partial charge >= 0.3 is 12.1 Å². The van der Waals surface area contributed by atoms with Gasteiger partial charge in [-0.3, -0.25) is 14.5 Å². The molecule has 12 nitrogen and oxygen atoms in total. The number of anilines is 2. The Labute approximate surface area is 364 Å². The molecule has 2 unspecified atom stereocenters. The van der Waals surface area contributed by atoms with Gasteiger partial charge in [0.05, 0.1) is 18.0 Å². The second-order valence-electron chi connectivity index (χ2n) is 16.5. The number of esters is 1. The van der Waals surface area contributed by atoms with Crippen molar-refractivity contribution in [2.75, 3.05) is 51.0 Å². The number of aryl methyl sites for hydroxylation is 1. The van der Waals surface area contributed by atoms with Crippen LogP contribution in [-0.2, 0) is 36.6 Å². The number of fused-ring (bicyclic) bond motifs is 1. The standard InChI is InChI=1S/C48H60N2O10S/c1-12-55-45(52)41(61-37-20-13-30(2)14-21-37)25-34-15-17-35(18-16-34)56-27-42(51)49-39-22-19-36(26-40(39)50(10)46(53)60-47(6,7)8)57-28-48(9)24-23-38-33(5)43(58-29-54-11)31(3)32(4)44(38)59-48/h13-22,26,41H,12,23-25,27-29H2,1-11H3,(H,49,51). The molecule has 0 aliphatic carbocycles. The monoisotopic (exact) mass is 856 g/mol. The number of ether oxygens (including phenoxy) is 7. The molecule has 0 saturated heterocycles. The molecule has 328 valence electrons. The quantitative estimate of drug-likeness (QED) is 0.0619. The highest BCUT2D eigenvalue weighted by atomic mass is 32.2. The van der Waals surface area contributed by atoms with Crippen molar-refractivity contribution in [3.05, 3.63) is 100 Å². The lowest BCUT2D eigenvalue weighted by atomic mass is 9.87. The number of hydrogen-bond donors (Lipinski definition) is 1. The van der Waals surface area contributed by atoms with Crippen LogP contribution in [0.5, 0.6) is 23.0 Å². The molecule has 4 aromatic carbocycles. The molecule has 2 atom stereocenters. The molecule has 1 aliphatic heterocycles. The number of nitrogens with one attached hydrogen (secondary N) is 1. The minimum absolute atomic E-state index is 0.167. The van der Waals surface area contributed by atoms with Crippen LogP contribution in [0.15, 0.2) is 71.6 Å². The van der Waals surface area contributed by atoms with E-state index in [1.807, 2.05) is 71.0 Å². The molecule has 61 heavy (non-hydrogen) atoms. The minimum atomic E-state index is -0.749. The van der Waals surface area contributed by atoms with Gasteiger partial charge in [0.1, 0.15) is 46.1 Å². The molecular weight excluding hydrogens is 797 g/mol. The van der Waals surface area contributed by atoms with Crippen molar-refractivity contribution < 1.29 is 47.5 Å². The number of methoxy groups -OCH3 is 1. The summed E-state index contributed by atoms with van der Waals surface area (Å²) in [5.74, 6) is 1.91. The van der Waals surface area contributed by atoms with Crippen molar-refractivity contribution in [2.45, 2.75) is 103 Å². The van der Waals surface area contributed by atoms with Gasteiger partial charge in [0, 0.05) is 30.7 Å². The summed E-state index contributed by atoms with van der Waals surface area (Å²) in [5, 5.41) is 2.46. The van der Waals surface area contributed by atoms with Crippen LogP contribution in [0.4, 0.5) is 16.2 Å². The SMILES string of the molecule is CCOC(=O)C(Cc1ccc(OCC(=O)Nc2ccc(OCC3(C)CCc4c(C)c(OCOC)c(C)c(C)c4O3)cc2N(C)C(=O)OC(C)(C)C)cc1)Sc1ccc(C)cc1. The third-order valence-corrected chi connectivity index (χ3v) is 11.5. The van der Waals surface area contributed by atoms with Crippen molar-refractivity contribution in [2.24, 2.45) is 0 Å². The highest BCUT2D eigenvalue weighted by molar-refractivity contribution is 8.00. The normalized spacial score (nSPS) is 15.1. The van der Waals surface area contributed by atoms with Crippen LogP contribution in [0.1, 0.15) is 74.4 Å². The van der Waals surface area contributed by atoms with E-state index in [9.17, 15) is 14.4 Å². The lowest BCUT2D eigenvalue weighted by Crippen LogP contribution is -2.42. The largest absolute Gasteiger partial charge is 0.489 e. The minimum Gasteiger partial charge on any atom is -0.489 e. The van der Waals surface area contributed by atoms with E-state index in [1.54, 1.807) is 72.2 Å². The number of nitrogens with zero attached hydrogens (tertiary/aromatic N) is 1. The van der Waals surface area contributed by atoms with E-state index in [1.165, 1.54) is 16.7 Å². The van der Waals surface area contributed by atoms with E-state index >= 15 is 0 Å². The number of carbonyl (C=O) groups is 3. The number of thioether (sulfide) groups is 1. The van der Waals surface area contributed by atoms with Crippen LogP contribution in [-0.4, -0.2) is 75.2 Å². The summed E-state index contributed by atoms with van der Waals surface area (Å²) in [7, 11) is 3.18. The Morgan fingerprint density at radius 3 is 2.25 bits per heavy atom. The van der Waals surface area contributed by atoms with Crippen LogP contribution >= 0.6 is 11.8 Å². The van der Waals surface area contributed by atoms with Crippen molar-refractivity contribution in [3.8, 4) is 23.0 Å². The third-order valence-electron chi connectivity index (χ3n) is 10.3. The van der Waals surface area contributed by atoms with Gasteiger partial charge < -0.3 is 38.5 Å². The molecule has 0 fully saturated rings. The zero-order valence-electron chi connectivity index (χ0n) is 37.3. The summed E-state index contributed by atoms with van der Waals surface area (Å²) < 4.78 is 41.0. The molecule has 4 aromatic rings. The second-order valence-corrected chi connectivity index (χ2v) is 17.8. The predicted molar refractivity (Wildman–Crippen MR) is 239 cm³/mol. The van der Waals surface area contributed by atoms with Crippen LogP contribution in [0.25, 0.3) is 0 Å². The Kier molecular flexibility index (Phi) is 15.6. The fourth-order valence-electron chi connectivity index (χ4n) is 6.83. The van der Waals surface area contributed by atoms with Crippen LogP contribution in [0.2, 0.25) is 0 Å². The van der Waals surface area contributed by atoms with Gasteiger partial charge in [-0.05, 0) is 140 Å². The summed E-state index contributed by atoms with van der Waals surface area (Å²) in [6, 6.07) is 20.4. The molecule has 1 heterocycles. The maximum Gasteiger partial charge on any atom is 0.414 e. The summed E-state index contributed by atoms with van der Waals surface area (Å²) in [4.78, 5) is 41.8. The molecule has 2 amide bonds. The zero-order valence-corrected chi connectivity index (χ0v) is 38.1. The topological polar surface area (TPSA) is 131 Å². The molecule has 0 bridgehead atoms. The van der Waals surface area contributed by atoms with E-state index in [4.69, 9.17) is 33.2 Å². The molecule has 5 rings (SSSR count). The maximum atomic E-state index is 13.3. The van der Waals surface area contributed by atoms with Gasteiger partial charge in [0.25, 0.3) is 5.91 Å². The molecule has 0 spiro atoms. The Bertz CT molecular complexity index is 2170. The summed E-state index contributed by atoms with van der Waals surface area (Å²) in [6.07, 6.45) is 1.33. The Hall–Kier alpha value is -5.40. The van der Waals surface area contributed by atoms with E-state index in [2.05, 4.69) is 5.32 Å². The zero-order chi connectivity index (χ0) is 44.5. The first-order valence-corrected chi connectivity index (χ1v) is 21.4. The molecule has 0 aromatic heterocycles. The molecule has 0 radical (unpaired) electrons. The Morgan fingerprint density at radius 1 is 0.902 bits per heavy atom. The van der Waals surface area contributed by atoms with Gasteiger partial charge in [-0.2, -0.15) is 0 Å². The average molecular weight is 857 g/mol. The fraction of sp³-hybridized carbons (Fsp3) is 0.438.